The average Bonchev–Trinajstić information content (AvgIpc) is 2.48. The fourth-order valence-corrected chi connectivity index (χ4v) is 1.26. The summed E-state index contributed by atoms with van der Waals surface area (Å²) in [6.45, 7) is 7.62. The summed E-state index contributed by atoms with van der Waals surface area (Å²) in [5.41, 5.74) is 2.06. The zero-order chi connectivity index (χ0) is 10.6. The van der Waals surface area contributed by atoms with Crippen molar-refractivity contribution in [1.82, 2.24) is 10.5 Å². The molecule has 0 aliphatic carbocycles. The number of aliphatic hydroxyl groups is 1. The molecule has 0 bridgehead atoms. The van der Waals surface area contributed by atoms with E-state index in [9.17, 15) is 0 Å². The van der Waals surface area contributed by atoms with E-state index in [4.69, 9.17) is 9.63 Å². The van der Waals surface area contributed by atoms with Crippen LogP contribution in [0.25, 0.3) is 0 Å². The predicted octanol–water partition coefficient (Wildman–Crippen LogP) is 1.01. The van der Waals surface area contributed by atoms with Crippen LogP contribution in [-0.4, -0.2) is 23.4 Å². The smallest absolute Gasteiger partial charge is 0.138 e. The molecule has 0 saturated heterocycles. The van der Waals surface area contributed by atoms with Crippen molar-refractivity contribution >= 4 is 0 Å². The van der Waals surface area contributed by atoms with Crippen molar-refractivity contribution in [2.24, 2.45) is 5.92 Å². The highest BCUT2D eigenvalue weighted by Crippen LogP contribution is 2.11. The van der Waals surface area contributed by atoms with Gasteiger partial charge in [0.05, 0.1) is 5.69 Å². The molecule has 1 aromatic heterocycles. The molecule has 1 aromatic rings. The van der Waals surface area contributed by atoms with Crippen molar-refractivity contribution in [2.75, 3.05) is 13.2 Å². The molecule has 0 spiro atoms. The van der Waals surface area contributed by atoms with Crippen molar-refractivity contribution in [2.45, 2.75) is 27.3 Å². The van der Waals surface area contributed by atoms with Gasteiger partial charge in [-0.05, 0) is 19.8 Å². The number of nitrogens with zero attached hydrogens (tertiary/aromatic N) is 1. The standard InChI is InChI=1S/C10H18N2O2/c1-7(6-13)4-11-5-10-8(2)12-14-9(10)3/h7,11,13H,4-6H2,1-3H3. The number of rotatable bonds is 5. The van der Waals surface area contributed by atoms with Gasteiger partial charge in [-0.2, -0.15) is 0 Å². The number of aryl methyl sites for hydroxylation is 2. The van der Waals surface area contributed by atoms with Crippen LogP contribution < -0.4 is 5.32 Å². The van der Waals surface area contributed by atoms with Gasteiger partial charge in [0.2, 0.25) is 0 Å². The second-order valence-corrected chi connectivity index (χ2v) is 3.72. The maximum atomic E-state index is 8.83. The molecule has 14 heavy (non-hydrogen) atoms. The van der Waals surface area contributed by atoms with Crippen molar-refractivity contribution in [3.63, 3.8) is 0 Å². The second-order valence-electron chi connectivity index (χ2n) is 3.72. The highest BCUT2D eigenvalue weighted by atomic mass is 16.5. The number of nitrogens with one attached hydrogen (secondary N) is 1. The SMILES string of the molecule is Cc1noc(C)c1CNCC(C)CO. The van der Waals surface area contributed by atoms with Crippen LogP contribution >= 0.6 is 0 Å². The quantitative estimate of drug-likeness (QED) is 0.741. The normalized spacial score (nSPS) is 13.1. The minimum Gasteiger partial charge on any atom is -0.396 e. The molecule has 0 amide bonds. The van der Waals surface area contributed by atoms with Gasteiger partial charge in [0, 0.05) is 25.3 Å². The first-order valence-corrected chi connectivity index (χ1v) is 4.88. The molecule has 80 valence electrons. The Morgan fingerprint density at radius 1 is 1.50 bits per heavy atom. The molecule has 0 aliphatic heterocycles. The van der Waals surface area contributed by atoms with Crippen LogP contribution in [0.5, 0.6) is 0 Å². The maximum Gasteiger partial charge on any atom is 0.138 e. The van der Waals surface area contributed by atoms with Gasteiger partial charge in [-0.25, -0.2) is 0 Å². The highest BCUT2D eigenvalue weighted by molar-refractivity contribution is 5.20. The molecule has 4 nitrogen and oxygen atoms in total. The van der Waals surface area contributed by atoms with Crippen LogP contribution in [0.15, 0.2) is 4.52 Å². The summed E-state index contributed by atoms with van der Waals surface area (Å²) >= 11 is 0. The highest BCUT2D eigenvalue weighted by Gasteiger charge is 2.08. The van der Waals surface area contributed by atoms with E-state index in [0.717, 1.165) is 30.1 Å². The molecular weight excluding hydrogens is 180 g/mol. The summed E-state index contributed by atoms with van der Waals surface area (Å²) in [5, 5.41) is 16.0. The average molecular weight is 198 g/mol. The molecule has 1 rings (SSSR count). The summed E-state index contributed by atoms with van der Waals surface area (Å²) in [5.74, 6) is 1.15. The van der Waals surface area contributed by atoms with E-state index in [1.807, 2.05) is 20.8 Å². The first-order valence-electron chi connectivity index (χ1n) is 4.88. The van der Waals surface area contributed by atoms with E-state index in [1.54, 1.807) is 0 Å². The van der Waals surface area contributed by atoms with E-state index in [-0.39, 0.29) is 12.5 Å². The second kappa shape index (κ2) is 5.12. The van der Waals surface area contributed by atoms with Gasteiger partial charge in [0.15, 0.2) is 0 Å². The van der Waals surface area contributed by atoms with Crippen LogP contribution in [-0.2, 0) is 6.54 Å². The Kier molecular flexibility index (Phi) is 4.10. The van der Waals surface area contributed by atoms with Crippen molar-refractivity contribution in [3.8, 4) is 0 Å². The largest absolute Gasteiger partial charge is 0.396 e. The Bertz CT molecular complexity index is 264. The van der Waals surface area contributed by atoms with E-state index in [0.29, 0.717) is 0 Å². The van der Waals surface area contributed by atoms with Gasteiger partial charge in [-0.3, -0.25) is 0 Å². The minimum absolute atomic E-state index is 0.217. The van der Waals surface area contributed by atoms with E-state index >= 15 is 0 Å². The molecular formula is C10H18N2O2. The molecule has 0 fully saturated rings. The van der Waals surface area contributed by atoms with Crippen molar-refractivity contribution < 1.29 is 9.63 Å². The van der Waals surface area contributed by atoms with Crippen LogP contribution in [0.1, 0.15) is 23.9 Å². The lowest BCUT2D eigenvalue weighted by molar-refractivity contribution is 0.233. The van der Waals surface area contributed by atoms with Crippen LogP contribution in [0.3, 0.4) is 0 Å². The lowest BCUT2D eigenvalue weighted by atomic mass is 10.1. The van der Waals surface area contributed by atoms with E-state index in [1.165, 1.54) is 0 Å². The third-order valence-corrected chi connectivity index (χ3v) is 2.29. The van der Waals surface area contributed by atoms with Crippen LogP contribution in [0, 0.1) is 19.8 Å². The Morgan fingerprint density at radius 2 is 2.21 bits per heavy atom. The number of hydrogen-bond acceptors (Lipinski definition) is 4. The minimum atomic E-state index is 0.217. The Labute approximate surface area is 84.3 Å². The molecule has 2 N–H and O–H groups in total. The Morgan fingerprint density at radius 3 is 2.71 bits per heavy atom. The molecule has 1 unspecified atom stereocenters. The summed E-state index contributed by atoms with van der Waals surface area (Å²) in [7, 11) is 0. The van der Waals surface area contributed by atoms with Crippen molar-refractivity contribution in [1.29, 1.82) is 0 Å². The maximum absolute atomic E-state index is 8.83. The van der Waals surface area contributed by atoms with Gasteiger partial charge in [-0.15, -0.1) is 0 Å². The molecule has 1 heterocycles. The van der Waals surface area contributed by atoms with Crippen molar-refractivity contribution in [3.05, 3.63) is 17.0 Å². The molecule has 0 aromatic carbocycles. The Balaban J connectivity index is 2.38. The lowest BCUT2D eigenvalue weighted by Crippen LogP contribution is -2.23. The zero-order valence-corrected chi connectivity index (χ0v) is 9.00. The van der Waals surface area contributed by atoms with Gasteiger partial charge in [0.25, 0.3) is 0 Å². The van der Waals surface area contributed by atoms with Gasteiger partial charge in [-0.1, -0.05) is 12.1 Å². The van der Waals surface area contributed by atoms with Gasteiger partial charge in [0.1, 0.15) is 5.76 Å². The molecule has 0 aliphatic rings. The first-order chi connectivity index (χ1) is 6.65. The monoisotopic (exact) mass is 198 g/mol. The fourth-order valence-electron chi connectivity index (χ4n) is 1.26. The summed E-state index contributed by atoms with van der Waals surface area (Å²) < 4.78 is 5.04. The fraction of sp³-hybridized carbons (Fsp3) is 0.700. The predicted molar refractivity (Wildman–Crippen MR) is 53.9 cm³/mol. The van der Waals surface area contributed by atoms with E-state index in [2.05, 4.69) is 10.5 Å². The molecule has 0 radical (unpaired) electrons. The first kappa shape index (κ1) is 11.2. The summed E-state index contributed by atoms with van der Waals surface area (Å²) in [4.78, 5) is 0. The summed E-state index contributed by atoms with van der Waals surface area (Å²) in [6, 6.07) is 0. The zero-order valence-electron chi connectivity index (χ0n) is 9.00. The molecule has 0 saturated carbocycles. The topological polar surface area (TPSA) is 58.3 Å². The molecule has 1 atom stereocenters. The van der Waals surface area contributed by atoms with Crippen LogP contribution in [0.2, 0.25) is 0 Å². The number of hydrogen-bond donors (Lipinski definition) is 2. The third kappa shape index (κ3) is 2.82. The van der Waals surface area contributed by atoms with Gasteiger partial charge < -0.3 is 14.9 Å². The summed E-state index contributed by atoms with van der Waals surface area (Å²) in [6.07, 6.45) is 0. The van der Waals surface area contributed by atoms with E-state index < -0.39 is 0 Å². The third-order valence-electron chi connectivity index (χ3n) is 2.29. The van der Waals surface area contributed by atoms with Crippen LogP contribution in [0.4, 0.5) is 0 Å². The Hall–Kier alpha value is -0.870. The number of aromatic nitrogens is 1. The number of aliphatic hydroxyl groups excluding tert-OH is 1. The lowest BCUT2D eigenvalue weighted by Gasteiger charge is -2.08. The van der Waals surface area contributed by atoms with Gasteiger partial charge >= 0.3 is 0 Å². The molecule has 4 heteroatoms.